The van der Waals surface area contributed by atoms with E-state index < -0.39 is 12.0 Å². The summed E-state index contributed by atoms with van der Waals surface area (Å²) in [6, 6.07) is 10.7. The Morgan fingerprint density at radius 1 is 1.29 bits per heavy atom. The van der Waals surface area contributed by atoms with Crippen LogP contribution in [0.1, 0.15) is 26.3 Å². The number of carboxylic acids is 1. The zero-order valence-electron chi connectivity index (χ0n) is 15.8. The van der Waals surface area contributed by atoms with Crippen molar-refractivity contribution in [1.82, 2.24) is 4.90 Å². The molecular weight excluding hydrogens is 394 g/mol. The standard InChI is InChI=1S/C21H21NO4S2/c1-4-26-16-10-9-13-7-5-6-8-14(13)15(16)11-17-19(23)22(21(27)28-17)18(12(2)3)20(24)25/h5-12,18H,4H2,1-3H3,(H,24,25)/b17-11-/t18-/m1/s1. The lowest BCUT2D eigenvalue weighted by Crippen LogP contribution is -2.47. The van der Waals surface area contributed by atoms with Crippen LogP contribution in [0, 0.1) is 5.92 Å². The number of hydrogen-bond acceptors (Lipinski definition) is 5. The van der Waals surface area contributed by atoms with Crippen molar-refractivity contribution in [2.24, 2.45) is 5.92 Å². The number of benzene rings is 2. The molecule has 1 aliphatic rings. The summed E-state index contributed by atoms with van der Waals surface area (Å²) in [7, 11) is 0. The van der Waals surface area contributed by atoms with Crippen LogP contribution < -0.4 is 4.74 Å². The fourth-order valence-corrected chi connectivity index (χ4v) is 4.56. The number of carboxylic acid groups (broad SMARTS) is 1. The van der Waals surface area contributed by atoms with E-state index in [4.69, 9.17) is 17.0 Å². The summed E-state index contributed by atoms with van der Waals surface area (Å²) < 4.78 is 6.02. The van der Waals surface area contributed by atoms with Gasteiger partial charge in [0.1, 0.15) is 16.1 Å². The van der Waals surface area contributed by atoms with Gasteiger partial charge in [0, 0.05) is 5.56 Å². The van der Waals surface area contributed by atoms with Gasteiger partial charge in [0.2, 0.25) is 0 Å². The van der Waals surface area contributed by atoms with E-state index in [1.807, 2.05) is 43.3 Å². The second-order valence-corrected chi connectivity index (χ2v) is 8.39. The molecule has 3 rings (SSSR count). The summed E-state index contributed by atoms with van der Waals surface area (Å²) in [5.74, 6) is -1.04. The number of hydrogen-bond donors (Lipinski definition) is 1. The summed E-state index contributed by atoms with van der Waals surface area (Å²) in [5, 5.41) is 11.6. The van der Waals surface area contributed by atoms with Crippen LogP contribution in [0.2, 0.25) is 0 Å². The van der Waals surface area contributed by atoms with E-state index >= 15 is 0 Å². The lowest BCUT2D eigenvalue weighted by Gasteiger charge is -2.26. The maximum absolute atomic E-state index is 13.0. The highest BCUT2D eigenvalue weighted by Crippen LogP contribution is 2.38. The molecule has 2 aromatic rings. The molecule has 0 radical (unpaired) electrons. The third-order valence-corrected chi connectivity index (χ3v) is 5.82. The molecule has 1 fully saturated rings. The molecule has 2 aromatic carbocycles. The van der Waals surface area contributed by atoms with Crippen molar-refractivity contribution in [2.75, 3.05) is 6.61 Å². The van der Waals surface area contributed by atoms with Gasteiger partial charge in [-0.1, -0.05) is 68.2 Å². The highest BCUT2D eigenvalue weighted by atomic mass is 32.2. The fourth-order valence-electron chi connectivity index (χ4n) is 3.25. The number of nitrogens with zero attached hydrogens (tertiary/aromatic N) is 1. The van der Waals surface area contributed by atoms with Crippen molar-refractivity contribution in [1.29, 1.82) is 0 Å². The molecule has 146 valence electrons. The highest BCUT2D eigenvalue weighted by molar-refractivity contribution is 8.26. The molecule has 1 atom stereocenters. The molecule has 1 amide bonds. The summed E-state index contributed by atoms with van der Waals surface area (Å²) in [5.41, 5.74) is 0.789. The average molecular weight is 416 g/mol. The van der Waals surface area contributed by atoms with Crippen LogP contribution in [-0.4, -0.2) is 38.9 Å². The van der Waals surface area contributed by atoms with Gasteiger partial charge in [-0.3, -0.25) is 9.69 Å². The number of aliphatic carboxylic acids is 1. The van der Waals surface area contributed by atoms with Gasteiger partial charge in [-0.05, 0) is 35.8 Å². The molecule has 1 heterocycles. The number of thioether (sulfide) groups is 1. The van der Waals surface area contributed by atoms with E-state index in [2.05, 4.69) is 0 Å². The van der Waals surface area contributed by atoms with Crippen LogP contribution >= 0.6 is 24.0 Å². The van der Waals surface area contributed by atoms with Crippen LogP contribution in [-0.2, 0) is 9.59 Å². The predicted molar refractivity (Wildman–Crippen MR) is 116 cm³/mol. The molecule has 1 aliphatic heterocycles. The lowest BCUT2D eigenvalue weighted by molar-refractivity contribution is -0.146. The second kappa shape index (κ2) is 8.32. The Balaban J connectivity index is 2.10. The average Bonchev–Trinajstić information content (AvgIpc) is 2.91. The van der Waals surface area contributed by atoms with Crippen molar-refractivity contribution in [3.8, 4) is 5.75 Å². The first-order valence-electron chi connectivity index (χ1n) is 8.99. The van der Waals surface area contributed by atoms with Crippen LogP contribution in [0.15, 0.2) is 41.3 Å². The van der Waals surface area contributed by atoms with Gasteiger partial charge in [-0.15, -0.1) is 0 Å². The Bertz CT molecular complexity index is 984. The molecule has 0 aliphatic carbocycles. The van der Waals surface area contributed by atoms with E-state index in [0.29, 0.717) is 17.3 Å². The van der Waals surface area contributed by atoms with E-state index in [-0.39, 0.29) is 16.1 Å². The van der Waals surface area contributed by atoms with E-state index in [9.17, 15) is 14.7 Å². The normalized spacial score (nSPS) is 17.0. The van der Waals surface area contributed by atoms with E-state index in [0.717, 1.165) is 28.1 Å². The SMILES string of the molecule is CCOc1ccc2ccccc2c1/C=C1\SC(=S)N([C@@H](C(=O)O)C(C)C)C1=O. The lowest BCUT2D eigenvalue weighted by atomic mass is 10.0. The molecular formula is C21H21NO4S2. The fraction of sp³-hybridized carbons (Fsp3) is 0.286. The minimum absolute atomic E-state index is 0.260. The Morgan fingerprint density at radius 3 is 2.64 bits per heavy atom. The molecule has 0 aromatic heterocycles. The number of carbonyl (C=O) groups excluding carboxylic acids is 1. The molecule has 0 saturated carbocycles. The number of fused-ring (bicyclic) bond motifs is 1. The largest absolute Gasteiger partial charge is 0.493 e. The number of rotatable bonds is 6. The van der Waals surface area contributed by atoms with Gasteiger partial charge in [0.05, 0.1) is 11.5 Å². The number of carbonyl (C=O) groups is 2. The van der Waals surface area contributed by atoms with Crippen molar-refractivity contribution in [2.45, 2.75) is 26.8 Å². The van der Waals surface area contributed by atoms with Gasteiger partial charge in [0.15, 0.2) is 0 Å². The predicted octanol–water partition coefficient (Wildman–Crippen LogP) is 4.55. The van der Waals surface area contributed by atoms with Crippen molar-refractivity contribution in [3.05, 3.63) is 46.9 Å². The van der Waals surface area contributed by atoms with Crippen LogP contribution in [0.5, 0.6) is 5.75 Å². The Hall–Kier alpha value is -2.38. The number of thiocarbonyl (C=S) groups is 1. The van der Waals surface area contributed by atoms with Gasteiger partial charge in [-0.25, -0.2) is 4.79 Å². The van der Waals surface area contributed by atoms with E-state index in [1.54, 1.807) is 19.9 Å². The highest BCUT2D eigenvalue weighted by Gasteiger charge is 2.42. The van der Waals surface area contributed by atoms with Gasteiger partial charge in [-0.2, -0.15) is 0 Å². The summed E-state index contributed by atoms with van der Waals surface area (Å²) in [6.07, 6.45) is 1.76. The van der Waals surface area contributed by atoms with Gasteiger partial charge < -0.3 is 9.84 Å². The molecule has 7 heteroatoms. The van der Waals surface area contributed by atoms with Crippen LogP contribution in [0.25, 0.3) is 16.8 Å². The first-order chi connectivity index (χ1) is 13.3. The maximum atomic E-state index is 13.0. The third kappa shape index (κ3) is 3.77. The summed E-state index contributed by atoms with van der Waals surface area (Å²) in [6.45, 7) is 5.92. The molecule has 5 nitrogen and oxygen atoms in total. The van der Waals surface area contributed by atoms with Crippen molar-refractivity contribution in [3.63, 3.8) is 0 Å². The molecule has 1 saturated heterocycles. The van der Waals surface area contributed by atoms with Gasteiger partial charge >= 0.3 is 5.97 Å². The minimum Gasteiger partial charge on any atom is -0.493 e. The Kier molecular flexibility index (Phi) is 6.05. The van der Waals surface area contributed by atoms with Crippen LogP contribution in [0.4, 0.5) is 0 Å². The summed E-state index contributed by atoms with van der Waals surface area (Å²) in [4.78, 5) is 26.3. The quantitative estimate of drug-likeness (QED) is 0.552. The zero-order chi connectivity index (χ0) is 20.4. The van der Waals surface area contributed by atoms with Gasteiger partial charge in [0.25, 0.3) is 5.91 Å². The Labute approximate surface area is 173 Å². The minimum atomic E-state index is -1.06. The molecule has 0 bridgehead atoms. The summed E-state index contributed by atoms with van der Waals surface area (Å²) >= 11 is 6.46. The van der Waals surface area contributed by atoms with Crippen LogP contribution in [0.3, 0.4) is 0 Å². The first kappa shape index (κ1) is 20.4. The number of amides is 1. The van der Waals surface area contributed by atoms with Crippen molar-refractivity contribution >= 4 is 57.0 Å². The monoisotopic (exact) mass is 415 g/mol. The molecule has 0 spiro atoms. The smallest absolute Gasteiger partial charge is 0.327 e. The number of ether oxygens (including phenoxy) is 1. The maximum Gasteiger partial charge on any atom is 0.327 e. The topological polar surface area (TPSA) is 66.8 Å². The first-order valence-corrected chi connectivity index (χ1v) is 10.2. The zero-order valence-corrected chi connectivity index (χ0v) is 17.5. The Morgan fingerprint density at radius 2 is 2.00 bits per heavy atom. The third-order valence-electron chi connectivity index (χ3n) is 4.49. The molecule has 28 heavy (non-hydrogen) atoms. The molecule has 1 N–H and O–H groups in total. The molecule has 0 unspecified atom stereocenters. The van der Waals surface area contributed by atoms with Crippen molar-refractivity contribution < 1.29 is 19.4 Å². The van der Waals surface area contributed by atoms with E-state index in [1.165, 1.54) is 4.90 Å². The second-order valence-electron chi connectivity index (χ2n) is 6.71.